The zero-order valence-electron chi connectivity index (χ0n) is 11.8. The zero-order chi connectivity index (χ0) is 14.7. The van der Waals surface area contributed by atoms with Crippen LogP contribution in [0, 0.1) is 0 Å². The van der Waals surface area contributed by atoms with Crippen LogP contribution < -0.4 is 5.73 Å². The van der Waals surface area contributed by atoms with Gasteiger partial charge in [-0.2, -0.15) is 0 Å². The molecule has 0 aliphatic rings. The van der Waals surface area contributed by atoms with Crippen molar-refractivity contribution in [3.8, 4) is 10.8 Å². The van der Waals surface area contributed by atoms with Crippen LogP contribution in [0.4, 0.5) is 0 Å². The molecule has 3 aromatic heterocycles. The van der Waals surface area contributed by atoms with Gasteiger partial charge in [-0.3, -0.25) is 0 Å². The Hall–Kier alpha value is -1.99. The lowest BCUT2D eigenvalue weighted by molar-refractivity contribution is 0.581. The average molecular weight is 303 g/mol. The van der Waals surface area contributed by atoms with Crippen molar-refractivity contribution in [1.29, 1.82) is 0 Å². The van der Waals surface area contributed by atoms with E-state index in [2.05, 4.69) is 22.2 Å². The zero-order valence-corrected chi connectivity index (χ0v) is 12.6. The second-order valence-corrected chi connectivity index (χ2v) is 5.72. The second-order valence-electron chi connectivity index (χ2n) is 4.86. The molecule has 6 nitrogen and oxygen atoms in total. The molecule has 0 radical (unpaired) electrons. The van der Waals surface area contributed by atoms with Gasteiger partial charge in [0.25, 0.3) is 0 Å². The maximum Gasteiger partial charge on any atom is 0.162 e. The van der Waals surface area contributed by atoms with Crippen LogP contribution in [0.1, 0.15) is 37.2 Å². The highest BCUT2D eigenvalue weighted by Crippen LogP contribution is 2.24. The standard InChI is InChI=1S/C14H17N5OS/c1-2-4-11(15)12-8-19(18-17-12)7-10-9-21-14(16-10)13-5-3-6-20-13/h3,5-6,8-9,11H,2,4,7,15H2,1H3. The van der Waals surface area contributed by atoms with Gasteiger partial charge in [0, 0.05) is 5.38 Å². The molecule has 3 rings (SSSR count). The van der Waals surface area contributed by atoms with Crippen molar-refractivity contribution in [3.63, 3.8) is 0 Å². The van der Waals surface area contributed by atoms with Gasteiger partial charge in [-0.15, -0.1) is 16.4 Å². The van der Waals surface area contributed by atoms with Crippen LogP contribution in [0.2, 0.25) is 0 Å². The molecule has 0 saturated carbocycles. The van der Waals surface area contributed by atoms with Gasteiger partial charge in [-0.1, -0.05) is 18.6 Å². The molecule has 7 heteroatoms. The first-order chi connectivity index (χ1) is 10.3. The van der Waals surface area contributed by atoms with Gasteiger partial charge in [-0.05, 0) is 18.6 Å². The van der Waals surface area contributed by atoms with Crippen molar-refractivity contribution >= 4 is 11.3 Å². The summed E-state index contributed by atoms with van der Waals surface area (Å²) in [5, 5.41) is 11.1. The summed E-state index contributed by atoms with van der Waals surface area (Å²) in [7, 11) is 0. The van der Waals surface area contributed by atoms with Crippen molar-refractivity contribution in [2.24, 2.45) is 5.73 Å². The number of hydrogen-bond acceptors (Lipinski definition) is 6. The van der Waals surface area contributed by atoms with Crippen molar-refractivity contribution in [1.82, 2.24) is 20.0 Å². The van der Waals surface area contributed by atoms with Crippen LogP contribution in [0.5, 0.6) is 0 Å². The van der Waals surface area contributed by atoms with E-state index in [4.69, 9.17) is 10.2 Å². The number of rotatable bonds is 6. The first kappa shape index (κ1) is 14.0. The fourth-order valence-corrected chi connectivity index (χ4v) is 2.86. The molecule has 0 aliphatic carbocycles. The van der Waals surface area contributed by atoms with Crippen LogP contribution in [0.3, 0.4) is 0 Å². The molecule has 0 spiro atoms. The summed E-state index contributed by atoms with van der Waals surface area (Å²) in [4.78, 5) is 4.54. The molecule has 1 atom stereocenters. The van der Waals surface area contributed by atoms with Gasteiger partial charge in [0.2, 0.25) is 0 Å². The van der Waals surface area contributed by atoms with Gasteiger partial charge in [0.15, 0.2) is 10.8 Å². The number of thiazole rings is 1. The Kier molecular flexibility index (Phi) is 4.12. The molecule has 0 saturated heterocycles. The lowest BCUT2D eigenvalue weighted by atomic mass is 10.1. The fraction of sp³-hybridized carbons (Fsp3) is 0.357. The van der Waals surface area contributed by atoms with Crippen LogP contribution in [0.15, 0.2) is 34.4 Å². The normalized spacial score (nSPS) is 12.7. The van der Waals surface area contributed by atoms with Crippen molar-refractivity contribution in [2.45, 2.75) is 32.4 Å². The van der Waals surface area contributed by atoms with Crippen LogP contribution in [0.25, 0.3) is 10.8 Å². The van der Waals surface area contributed by atoms with E-state index in [0.29, 0.717) is 6.54 Å². The van der Waals surface area contributed by atoms with Gasteiger partial charge in [0.05, 0.1) is 36.4 Å². The predicted molar refractivity (Wildman–Crippen MR) is 80.8 cm³/mol. The van der Waals surface area contributed by atoms with E-state index in [1.807, 2.05) is 23.7 Å². The minimum atomic E-state index is -0.0436. The predicted octanol–water partition coefficient (Wildman–Crippen LogP) is 2.84. The number of hydrogen-bond donors (Lipinski definition) is 1. The van der Waals surface area contributed by atoms with E-state index in [-0.39, 0.29) is 6.04 Å². The molecule has 0 aromatic carbocycles. The molecule has 0 bridgehead atoms. The number of nitrogens with zero attached hydrogens (tertiary/aromatic N) is 4. The Morgan fingerprint density at radius 2 is 2.38 bits per heavy atom. The molecule has 0 fully saturated rings. The molecular formula is C14H17N5OS. The topological polar surface area (TPSA) is 82.8 Å². The van der Waals surface area contributed by atoms with E-state index < -0.39 is 0 Å². The Balaban J connectivity index is 1.70. The first-order valence-electron chi connectivity index (χ1n) is 6.90. The average Bonchev–Trinajstić information content (AvgIpc) is 3.20. The minimum Gasteiger partial charge on any atom is -0.462 e. The van der Waals surface area contributed by atoms with E-state index in [9.17, 15) is 0 Å². The van der Waals surface area contributed by atoms with Gasteiger partial charge in [-0.25, -0.2) is 9.67 Å². The Morgan fingerprint density at radius 3 is 3.14 bits per heavy atom. The molecule has 3 heterocycles. The highest BCUT2D eigenvalue weighted by atomic mass is 32.1. The Morgan fingerprint density at radius 1 is 1.48 bits per heavy atom. The van der Waals surface area contributed by atoms with Gasteiger partial charge in [0.1, 0.15) is 0 Å². The lowest BCUT2D eigenvalue weighted by Crippen LogP contribution is -2.10. The fourth-order valence-electron chi connectivity index (χ4n) is 2.08. The quantitative estimate of drug-likeness (QED) is 0.757. The molecular weight excluding hydrogens is 286 g/mol. The van der Waals surface area contributed by atoms with Crippen molar-refractivity contribution in [2.75, 3.05) is 0 Å². The summed E-state index contributed by atoms with van der Waals surface area (Å²) in [5.74, 6) is 0.787. The summed E-state index contributed by atoms with van der Waals surface area (Å²) in [6.07, 6.45) is 5.49. The largest absolute Gasteiger partial charge is 0.462 e. The molecule has 2 N–H and O–H groups in total. The maximum absolute atomic E-state index is 6.04. The molecule has 21 heavy (non-hydrogen) atoms. The maximum atomic E-state index is 6.04. The first-order valence-corrected chi connectivity index (χ1v) is 7.78. The highest BCUT2D eigenvalue weighted by molar-refractivity contribution is 7.13. The third kappa shape index (κ3) is 3.20. The SMILES string of the molecule is CCCC(N)c1cn(Cc2csc(-c3ccco3)n2)nn1. The minimum absolute atomic E-state index is 0.0436. The number of nitrogens with two attached hydrogens (primary N) is 1. The Labute approximate surface area is 126 Å². The summed E-state index contributed by atoms with van der Waals surface area (Å²) in [6, 6.07) is 3.72. The summed E-state index contributed by atoms with van der Waals surface area (Å²) in [5.41, 5.74) is 7.81. The molecule has 0 aliphatic heterocycles. The smallest absolute Gasteiger partial charge is 0.162 e. The highest BCUT2D eigenvalue weighted by Gasteiger charge is 2.11. The van der Waals surface area contributed by atoms with Crippen molar-refractivity contribution in [3.05, 3.63) is 41.4 Å². The third-order valence-electron chi connectivity index (χ3n) is 3.14. The second kappa shape index (κ2) is 6.19. The van der Waals surface area contributed by atoms with Crippen LogP contribution >= 0.6 is 11.3 Å². The molecule has 1 unspecified atom stereocenters. The van der Waals surface area contributed by atoms with Gasteiger partial charge >= 0.3 is 0 Å². The summed E-state index contributed by atoms with van der Waals surface area (Å²) < 4.78 is 7.11. The van der Waals surface area contributed by atoms with Crippen LogP contribution in [-0.2, 0) is 6.54 Å². The third-order valence-corrected chi connectivity index (χ3v) is 4.05. The molecule has 0 amide bonds. The van der Waals surface area contributed by atoms with E-state index in [1.165, 1.54) is 0 Å². The van der Waals surface area contributed by atoms with E-state index in [1.54, 1.807) is 22.3 Å². The molecule has 110 valence electrons. The Bertz CT molecular complexity index is 688. The van der Waals surface area contributed by atoms with E-state index in [0.717, 1.165) is 35.0 Å². The lowest BCUT2D eigenvalue weighted by Gasteiger charge is -2.04. The summed E-state index contributed by atoms with van der Waals surface area (Å²) >= 11 is 1.56. The monoisotopic (exact) mass is 303 g/mol. The van der Waals surface area contributed by atoms with Crippen molar-refractivity contribution < 1.29 is 4.42 Å². The number of furan rings is 1. The van der Waals surface area contributed by atoms with Gasteiger partial charge < -0.3 is 10.2 Å². The molecule has 3 aromatic rings. The van der Waals surface area contributed by atoms with Crippen LogP contribution in [-0.4, -0.2) is 20.0 Å². The number of aromatic nitrogens is 4. The van der Waals surface area contributed by atoms with E-state index >= 15 is 0 Å². The summed E-state index contributed by atoms with van der Waals surface area (Å²) in [6.45, 7) is 2.69.